The minimum absolute atomic E-state index is 0.128. The number of carbonyl (C=O) groups excluding carboxylic acids is 1. The number of fused-ring (bicyclic) bond motifs is 1. The van der Waals surface area contributed by atoms with E-state index in [9.17, 15) is 14.9 Å². The number of benzene rings is 1. The molecule has 1 fully saturated rings. The number of hydrogen-bond donors (Lipinski definition) is 0. The average Bonchev–Trinajstić information content (AvgIpc) is 3.24. The molecule has 11 heteroatoms. The van der Waals surface area contributed by atoms with Gasteiger partial charge in [-0.15, -0.1) is 0 Å². The quantitative estimate of drug-likeness (QED) is 0.279. The Balaban J connectivity index is 1.27. The van der Waals surface area contributed by atoms with Crippen LogP contribution in [0.15, 0.2) is 36.7 Å². The molecule has 3 heterocycles. The van der Waals surface area contributed by atoms with E-state index in [1.807, 2.05) is 13.1 Å². The highest BCUT2D eigenvalue weighted by Crippen LogP contribution is 2.31. The van der Waals surface area contributed by atoms with Gasteiger partial charge in [0.1, 0.15) is 11.8 Å². The maximum atomic E-state index is 12.3. The van der Waals surface area contributed by atoms with E-state index >= 15 is 0 Å². The van der Waals surface area contributed by atoms with Crippen molar-refractivity contribution in [2.24, 2.45) is 0 Å². The summed E-state index contributed by atoms with van der Waals surface area (Å²) in [4.78, 5) is 31.0. The smallest absolute Gasteiger partial charge is 0.415 e. The average molecular weight is 466 g/mol. The maximum Gasteiger partial charge on any atom is 0.415 e. The van der Waals surface area contributed by atoms with E-state index in [1.165, 1.54) is 6.20 Å². The van der Waals surface area contributed by atoms with Crippen molar-refractivity contribution >= 4 is 34.8 Å². The summed E-state index contributed by atoms with van der Waals surface area (Å²) >= 11 is 11.9. The Labute approximate surface area is 188 Å². The number of allylic oxidation sites excluding steroid dienone is 1. The molecule has 1 saturated heterocycles. The minimum atomic E-state index is -0.523. The van der Waals surface area contributed by atoms with E-state index in [4.69, 9.17) is 27.9 Å². The summed E-state index contributed by atoms with van der Waals surface area (Å²) in [5.41, 5.74) is 0.00702. The number of nitro groups is 1. The Morgan fingerprint density at radius 2 is 2.03 bits per heavy atom. The Bertz CT molecular complexity index is 1020. The Hall–Kier alpha value is -2.62. The zero-order valence-electron chi connectivity index (χ0n) is 16.8. The van der Waals surface area contributed by atoms with Crippen LogP contribution in [-0.2, 0) is 6.54 Å². The number of ether oxygens (including phenoxy) is 1. The van der Waals surface area contributed by atoms with E-state index in [1.54, 1.807) is 28.8 Å². The monoisotopic (exact) mass is 465 g/mol. The van der Waals surface area contributed by atoms with Crippen LogP contribution in [0, 0.1) is 10.1 Å². The Morgan fingerprint density at radius 3 is 2.68 bits per heavy atom. The minimum Gasteiger partial charge on any atom is -0.436 e. The molecule has 0 radical (unpaired) electrons. The lowest BCUT2D eigenvalue weighted by Gasteiger charge is -2.37. The summed E-state index contributed by atoms with van der Waals surface area (Å²) in [7, 11) is 0. The molecule has 2 aliphatic heterocycles. The van der Waals surface area contributed by atoms with Crippen LogP contribution in [0.25, 0.3) is 0 Å². The molecule has 0 saturated carbocycles. The molecule has 0 spiro atoms. The number of halogens is 2. The summed E-state index contributed by atoms with van der Waals surface area (Å²) in [6.45, 7) is 6.36. The molecular weight excluding hydrogens is 445 g/mol. The topological polar surface area (TPSA) is 93.7 Å². The molecule has 164 valence electrons. The molecule has 31 heavy (non-hydrogen) atoms. The maximum absolute atomic E-state index is 12.3. The van der Waals surface area contributed by atoms with Crippen molar-refractivity contribution in [2.75, 3.05) is 32.7 Å². The molecule has 1 aromatic carbocycles. The SMILES string of the molecule is C[C@]1(CN2CCN(C=CC(=O)c3ccc(Cl)c(Cl)c3)CC2)Cn2cc([N+](=O)[O-])nc2O1. The molecule has 9 nitrogen and oxygen atoms in total. The van der Waals surface area contributed by atoms with E-state index in [0.29, 0.717) is 28.7 Å². The van der Waals surface area contributed by atoms with Crippen molar-refractivity contribution in [3.05, 3.63) is 62.4 Å². The van der Waals surface area contributed by atoms with Crippen molar-refractivity contribution < 1.29 is 14.5 Å². The van der Waals surface area contributed by atoms with E-state index < -0.39 is 10.5 Å². The van der Waals surface area contributed by atoms with Gasteiger partial charge in [-0.2, -0.15) is 0 Å². The first-order valence-electron chi connectivity index (χ1n) is 9.77. The highest BCUT2D eigenvalue weighted by molar-refractivity contribution is 6.42. The fourth-order valence-electron chi connectivity index (χ4n) is 3.83. The first kappa shape index (κ1) is 21.6. The molecule has 1 aromatic heterocycles. The molecule has 4 rings (SSSR count). The van der Waals surface area contributed by atoms with Gasteiger partial charge in [-0.3, -0.25) is 14.3 Å². The van der Waals surface area contributed by atoms with Crippen LogP contribution in [0.2, 0.25) is 10.0 Å². The summed E-state index contributed by atoms with van der Waals surface area (Å²) in [6.07, 6.45) is 4.77. The zero-order valence-corrected chi connectivity index (χ0v) is 18.3. The molecule has 1 atom stereocenters. The number of rotatable bonds is 6. The van der Waals surface area contributed by atoms with Crippen LogP contribution in [0.4, 0.5) is 5.82 Å². The third-order valence-corrected chi connectivity index (χ3v) is 6.10. The normalized spacial score (nSPS) is 21.3. The van der Waals surface area contributed by atoms with Crippen LogP contribution in [0.5, 0.6) is 6.01 Å². The van der Waals surface area contributed by atoms with Crippen LogP contribution in [0.3, 0.4) is 0 Å². The first-order valence-corrected chi connectivity index (χ1v) is 10.5. The standard InChI is InChI=1S/C20H21Cl2N5O4/c1-20(13-26-11-18(27(29)30)23-19(26)31-20)12-25-8-6-24(7-9-25)5-4-17(28)14-2-3-15(21)16(22)10-14/h2-5,10-11H,6-9,12-13H2,1H3/t20-/m0/s1. The number of nitrogens with zero attached hydrogens (tertiary/aromatic N) is 5. The highest BCUT2D eigenvalue weighted by atomic mass is 35.5. The first-order chi connectivity index (χ1) is 14.7. The number of piperazine rings is 1. The molecule has 0 bridgehead atoms. The molecule has 0 aliphatic carbocycles. The molecule has 2 aromatic rings. The highest BCUT2D eigenvalue weighted by Gasteiger charge is 2.41. The van der Waals surface area contributed by atoms with Gasteiger partial charge in [0.15, 0.2) is 5.78 Å². The fourth-order valence-corrected chi connectivity index (χ4v) is 4.12. The van der Waals surface area contributed by atoms with Gasteiger partial charge < -0.3 is 19.8 Å². The van der Waals surface area contributed by atoms with Crippen molar-refractivity contribution in [1.82, 2.24) is 19.4 Å². The van der Waals surface area contributed by atoms with Crippen LogP contribution in [-0.4, -0.2) is 68.4 Å². The van der Waals surface area contributed by atoms with Gasteiger partial charge >= 0.3 is 11.8 Å². The van der Waals surface area contributed by atoms with Crippen molar-refractivity contribution in [2.45, 2.75) is 19.1 Å². The number of imidazole rings is 1. The fraction of sp³-hybridized carbons (Fsp3) is 0.400. The van der Waals surface area contributed by atoms with E-state index in [-0.39, 0.29) is 17.6 Å². The van der Waals surface area contributed by atoms with Gasteiger partial charge in [-0.1, -0.05) is 23.2 Å². The predicted octanol–water partition coefficient (Wildman–Crippen LogP) is 3.26. The van der Waals surface area contributed by atoms with Crippen molar-refractivity contribution in [1.29, 1.82) is 0 Å². The van der Waals surface area contributed by atoms with Gasteiger partial charge in [-0.05, 0) is 30.0 Å². The largest absolute Gasteiger partial charge is 0.436 e. The second kappa shape index (κ2) is 8.49. The zero-order chi connectivity index (χ0) is 22.2. The van der Waals surface area contributed by atoms with Crippen LogP contribution >= 0.6 is 23.2 Å². The summed E-state index contributed by atoms with van der Waals surface area (Å²) < 4.78 is 7.60. The lowest BCUT2D eigenvalue weighted by Crippen LogP contribution is -2.51. The summed E-state index contributed by atoms with van der Waals surface area (Å²) in [6, 6.07) is 5.12. The summed E-state index contributed by atoms with van der Waals surface area (Å²) in [5.74, 6) is -0.329. The van der Waals surface area contributed by atoms with Gasteiger partial charge in [0.05, 0.1) is 16.6 Å². The molecule has 2 aliphatic rings. The van der Waals surface area contributed by atoms with Crippen LogP contribution in [0.1, 0.15) is 17.3 Å². The summed E-state index contributed by atoms with van der Waals surface area (Å²) in [5, 5.41) is 11.6. The van der Waals surface area contributed by atoms with Gasteiger partial charge in [-0.25, -0.2) is 0 Å². The van der Waals surface area contributed by atoms with Gasteiger partial charge in [0, 0.05) is 55.5 Å². The Morgan fingerprint density at radius 1 is 1.29 bits per heavy atom. The number of ketones is 1. The second-order valence-electron chi connectivity index (χ2n) is 7.94. The third-order valence-electron chi connectivity index (χ3n) is 5.36. The number of carbonyl (C=O) groups is 1. The second-order valence-corrected chi connectivity index (χ2v) is 8.75. The third kappa shape index (κ3) is 4.84. The van der Waals surface area contributed by atoms with Crippen molar-refractivity contribution in [3.8, 4) is 6.01 Å². The van der Waals surface area contributed by atoms with Gasteiger partial charge in [0.2, 0.25) is 0 Å². The molecule has 0 unspecified atom stereocenters. The van der Waals surface area contributed by atoms with Crippen molar-refractivity contribution in [3.63, 3.8) is 0 Å². The molecule has 0 amide bonds. The number of hydrogen-bond acceptors (Lipinski definition) is 7. The van der Waals surface area contributed by atoms with E-state index in [2.05, 4.69) is 14.8 Å². The lowest BCUT2D eigenvalue weighted by molar-refractivity contribution is -0.389. The molecular formula is C20H21Cl2N5O4. The van der Waals surface area contributed by atoms with Gasteiger partial charge in [0.25, 0.3) is 0 Å². The van der Waals surface area contributed by atoms with Crippen LogP contribution < -0.4 is 4.74 Å². The number of aromatic nitrogens is 2. The predicted molar refractivity (Wildman–Crippen MR) is 116 cm³/mol. The molecule has 0 N–H and O–H groups in total. The lowest BCUT2D eigenvalue weighted by atomic mass is 10.1. The Kier molecular flexibility index (Phi) is 5.92. The van der Waals surface area contributed by atoms with E-state index in [0.717, 1.165) is 26.2 Å².